The number of hydrogen-bond donors (Lipinski definition) is 0. The van der Waals surface area contributed by atoms with Crippen LogP contribution in [0.3, 0.4) is 0 Å². The molecule has 0 saturated carbocycles. The number of anilines is 1. The quantitative estimate of drug-likeness (QED) is 0.856. The van der Waals surface area contributed by atoms with Gasteiger partial charge in [-0.15, -0.1) is 0 Å². The number of fused-ring (bicyclic) bond motifs is 1. The number of para-hydroxylation sites is 1. The molecule has 0 aliphatic carbocycles. The summed E-state index contributed by atoms with van der Waals surface area (Å²) in [5.41, 5.74) is 1.90. The molecule has 0 spiro atoms. The smallest absolute Gasteiger partial charge is 0.263 e. The van der Waals surface area contributed by atoms with Gasteiger partial charge in [-0.1, -0.05) is 30.3 Å². The Bertz CT molecular complexity index is 837. The Hall–Kier alpha value is -2.32. The number of nitrogens with zero attached hydrogens (tertiary/aromatic N) is 2. The lowest BCUT2D eigenvalue weighted by molar-refractivity contribution is 0.584. The van der Waals surface area contributed by atoms with Crippen LogP contribution >= 0.6 is 0 Å². The average molecular weight is 298 g/mol. The number of nitriles is 1. The molecule has 2 aromatic rings. The first kappa shape index (κ1) is 13.7. The molecule has 1 atom stereocenters. The lowest BCUT2D eigenvalue weighted by Gasteiger charge is -2.24. The van der Waals surface area contributed by atoms with Crippen molar-refractivity contribution in [1.29, 1.82) is 5.26 Å². The van der Waals surface area contributed by atoms with Crippen molar-refractivity contribution in [3.05, 3.63) is 59.7 Å². The Labute approximate surface area is 124 Å². The van der Waals surface area contributed by atoms with Gasteiger partial charge in [-0.25, -0.2) is 8.42 Å². The standard InChI is InChI=1S/C16H14N2O2S/c1-12-10-13-6-2-4-8-15(13)18(12)21(19,20)16-9-5-3-7-14(16)11-17/h2-9,12H,10H2,1H3. The van der Waals surface area contributed by atoms with Gasteiger partial charge in [-0.2, -0.15) is 5.26 Å². The fourth-order valence-corrected chi connectivity index (χ4v) is 4.63. The van der Waals surface area contributed by atoms with Crippen molar-refractivity contribution >= 4 is 15.7 Å². The van der Waals surface area contributed by atoms with E-state index in [9.17, 15) is 8.42 Å². The summed E-state index contributed by atoms with van der Waals surface area (Å²) in [4.78, 5) is 0.0658. The summed E-state index contributed by atoms with van der Waals surface area (Å²) in [6, 6.07) is 15.6. The highest BCUT2D eigenvalue weighted by molar-refractivity contribution is 7.93. The normalized spacial score (nSPS) is 17.3. The molecule has 0 N–H and O–H groups in total. The van der Waals surface area contributed by atoms with Gasteiger partial charge in [0.2, 0.25) is 0 Å². The van der Waals surface area contributed by atoms with Crippen LogP contribution in [-0.2, 0) is 16.4 Å². The van der Waals surface area contributed by atoms with E-state index in [0.29, 0.717) is 12.1 Å². The van der Waals surface area contributed by atoms with E-state index in [1.54, 1.807) is 12.1 Å². The van der Waals surface area contributed by atoms with E-state index in [1.807, 2.05) is 37.3 Å². The fourth-order valence-electron chi connectivity index (χ4n) is 2.79. The molecule has 5 heteroatoms. The molecule has 1 aliphatic heterocycles. The van der Waals surface area contributed by atoms with Crippen LogP contribution in [0.5, 0.6) is 0 Å². The number of rotatable bonds is 2. The topological polar surface area (TPSA) is 61.2 Å². The maximum absolute atomic E-state index is 13.0. The van der Waals surface area contributed by atoms with Gasteiger partial charge in [0, 0.05) is 6.04 Å². The van der Waals surface area contributed by atoms with E-state index in [4.69, 9.17) is 5.26 Å². The van der Waals surface area contributed by atoms with Crippen LogP contribution in [0.2, 0.25) is 0 Å². The molecule has 0 saturated heterocycles. The van der Waals surface area contributed by atoms with E-state index in [-0.39, 0.29) is 16.5 Å². The van der Waals surface area contributed by atoms with E-state index in [0.717, 1.165) is 5.56 Å². The van der Waals surface area contributed by atoms with Crippen molar-refractivity contribution in [1.82, 2.24) is 0 Å². The second-order valence-electron chi connectivity index (χ2n) is 5.09. The van der Waals surface area contributed by atoms with Crippen LogP contribution in [0.4, 0.5) is 5.69 Å². The predicted molar refractivity (Wildman–Crippen MR) is 80.4 cm³/mol. The van der Waals surface area contributed by atoms with E-state index >= 15 is 0 Å². The molecular formula is C16H14N2O2S. The van der Waals surface area contributed by atoms with Gasteiger partial charge in [0.25, 0.3) is 10.0 Å². The van der Waals surface area contributed by atoms with Crippen molar-refractivity contribution in [3.63, 3.8) is 0 Å². The Balaban J connectivity index is 2.18. The van der Waals surface area contributed by atoms with Gasteiger partial charge < -0.3 is 0 Å². The molecule has 1 unspecified atom stereocenters. The van der Waals surface area contributed by atoms with Crippen molar-refractivity contribution in [2.24, 2.45) is 0 Å². The third kappa shape index (κ3) is 2.08. The Morgan fingerprint density at radius 2 is 1.81 bits per heavy atom. The van der Waals surface area contributed by atoms with Crippen LogP contribution < -0.4 is 4.31 Å². The molecule has 0 amide bonds. The second kappa shape index (κ2) is 4.90. The summed E-state index contributed by atoms with van der Waals surface area (Å²) in [5.74, 6) is 0. The minimum absolute atomic E-state index is 0.0658. The first-order chi connectivity index (χ1) is 10.1. The molecule has 0 radical (unpaired) electrons. The van der Waals surface area contributed by atoms with Crippen molar-refractivity contribution in [2.75, 3.05) is 4.31 Å². The fraction of sp³-hybridized carbons (Fsp3) is 0.188. The molecule has 1 aliphatic rings. The van der Waals surface area contributed by atoms with Gasteiger partial charge in [-0.05, 0) is 37.1 Å². The van der Waals surface area contributed by atoms with Gasteiger partial charge in [0.05, 0.1) is 11.3 Å². The molecule has 3 rings (SSSR count). The maximum atomic E-state index is 13.0. The molecule has 21 heavy (non-hydrogen) atoms. The third-order valence-electron chi connectivity index (χ3n) is 3.69. The number of hydrogen-bond acceptors (Lipinski definition) is 3. The second-order valence-corrected chi connectivity index (χ2v) is 6.87. The first-order valence-electron chi connectivity index (χ1n) is 6.67. The van der Waals surface area contributed by atoms with Crippen LogP contribution in [0, 0.1) is 11.3 Å². The molecule has 2 aromatic carbocycles. The predicted octanol–water partition coefficient (Wildman–Crippen LogP) is 2.70. The lowest BCUT2D eigenvalue weighted by Crippen LogP contribution is -2.36. The molecular weight excluding hydrogens is 284 g/mol. The Morgan fingerprint density at radius 1 is 1.14 bits per heavy atom. The summed E-state index contributed by atoms with van der Waals surface area (Å²) in [6.45, 7) is 1.88. The average Bonchev–Trinajstić information content (AvgIpc) is 2.83. The minimum atomic E-state index is -3.73. The molecule has 1 heterocycles. The Kier molecular flexibility index (Phi) is 3.19. The van der Waals surface area contributed by atoms with Crippen molar-refractivity contribution in [2.45, 2.75) is 24.3 Å². The monoisotopic (exact) mass is 298 g/mol. The van der Waals surface area contributed by atoms with Gasteiger partial charge in [0.1, 0.15) is 11.0 Å². The highest BCUT2D eigenvalue weighted by Crippen LogP contribution is 2.36. The zero-order valence-electron chi connectivity index (χ0n) is 11.5. The lowest BCUT2D eigenvalue weighted by atomic mass is 10.1. The highest BCUT2D eigenvalue weighted by Gasteiger charge is 2.36. The number of sulfonamides is 1. The van der Waals surface area contributed by atoms with E-state index < -0.39 is 10.0 Å². The zero-order chi connectivity index (χ0) is 15.0. The summed E-state index contributed by atoms with van der Waals surface area (Å²) >= 11 is 0. The largest absolute Gasteiger partial charge is 0.265 e. The van der Waals surface area contributed by atoms with Crippen LogP contribution in [0.25, 0.3) is 0 Å². The van der Waals surface area contributed by atoms with Crippen molar-refractivity contribution in [3.8, 4) is 6.07 Å². The molecule has 0 fully saturated rings. The first-order valence-corrected chi connectivity index (χ1v) is 8.11. The van der Waals surface area contributed by atoms with Gasteiger partial charge in [0.15, 0.2) is 0 Å². The number of benzene rings is 2. The van der Waals surface area contributed by atoms with Crippen LogP contribution in [0.15, 0.2) is 53.4 Å². The van der Waals surface area contributed by atoms with Gasteiger partial charge >= 0.3 is 0 Å². The summed E-state index contributed by atoms with van der Waals surface area (Å²) in [5, 5.41) is 9.15. The molecule has 0 aromatic heterocycles. The van der Waals surface area contributed by atoms with Gasteiger partial charge in [-0.3, -0.25) is 4.31 Å². The molecule has 0 bridgehead atoms. The zero-order valence-corrected chi connectivity index (χ0v) is 12.3. The Morgan fingerprint density at radius 3 is 2.57 bits per heavy atom. The molecule has 4 nitrogen and oxygen atoms in total. The third-order valence-corrected chi connectivity index (χ3v) is 5.68. The molecule has 106 valence electrons. The van der Waals surface area contributed by atoms with Crippen LogP contribution in [0.1, 0.15) is 18.1 Å². The SMILES string of the molecule is CC1Cc2ccccc2N1S(=O)(=O)c1ccccc1C#N. The summed E-state index contributed by atoms with van der Waals surface area (Å²) < 4.78 is 27.4. The maximum Gasteiger partial charge on any atom is 0.265 e. The van der Waals surface area contributed by atoms with E-state index in [1.165, 1.54) is 16.4 Å². The van der Waals surface area contributed by atoms with Crippen LogP contribution in [-0.4, -0.2) is 14.5 Å². The summed E-state index contributed by atoms with van der Waals surface area (Å²) in [6.07, 6.45) is 0.685. The minimum Gasteiger partial charge on any atom is -0.263 e. The highest BCUT2D eigenvalue weighted by atomic mass is 32.2. The van der Waals surface area contributed by atoms with E-state index in [2.05, 4.69) is 0 Å². The van der Waals surface area contributed by atoms with Crippen molar-refractivity contribution < 1.29 is 8.42 Å². The summed E-state index contributed by atoms with van der Waals surface area (Å²) in [7, 11) is -3.73.